The molecule has 6 nitrogen and oxygen atoms in total. The van der Waals surface area contributed by atoms with Gasteiger partial charge >= 0.3 is 17.9 Å². The van der Waals surface area contributed by atoms with Gasteiger partial charge in [0, 0.05) is 19.3 Å². The smallest absolute Gasteiger partial charge is 0.306 e. The van der Waals surface area contributed by atoms with Gasteiger partial charge in [-0.05, 0) is 89.9 Å². The molecule has 0 N–H and O–H groups in total. The second-order valence-corrected chi connectivity index (χ2v) is 19.2. The topological polar surface area (TPSA) is 78.9 Å². The number of unbranched alkanes of at least 4 members (excludes halogenated alkanes) is 27. The summed E-state index contributed by atoms with van der Waals surface area (Å²) in [6.07, 6.45) is 74.3. The second-order valence-electron chi connectivity index (χ2n) is 19.2. The summed E-state index contributed by atoms with van der Waals surface area (Å²) in [4.78, 5) is 38.2. The molecule has 0 spiro atoms. The Labute approximate surface area is 426 Å². The van der Waals surface area contributed by atoms with Gasteiger partial charge in [-0.15, -0.1) is 0 Å². The minimum absolute atomic E-state index is 0.0938. The van der Waals surface area contributed by atoms with Crippen molar-refractivity contribution in [2.24, 2.45) is 0 Å². The first kappa shape index (κ1) is 65.6. The molecule has 0 aromatic carbocycles. The third-order valence-corrected chi connectivity index (χ3v) is 12.4. The van der Waals surface area contributed by atoms with Crippen LogP contribution in [0.4, 0.5) is 0 Å². The Morgan fingerprint density at radius 2 is 0.580 bits per heavy atom. The first-order valence-corrected chi connectivity index (χ1v) is 29.1. The molecule has 0 aromatic heterocycles. The highest BCUT2D eigenvalue weighted by Gasteiger charge is 2.19. The summed E-state index contributed by atoms with van der Waals surface area (Å²) in [6.45, 7) is 6.47. The van der Waals surface area contributed by atoms with Crippen LogP contribution in [0.15, 0.2) is 85.1 Å². The van der Waals surface area contributed by atoms with E-state index in [2.05, 4.69) is 106 Å². The Hall–Kier alpha value is -3.41. The molecule has 0 aliphatic rings. The highest BCUT2D eigenvalue weighted by molar-refractivity contribution is 5.71. The van der Waals surface area contributed by atoms with E-state index in [1.165, 1.54) is 148 Å². The maximum atomic E-state index is 12.9. The highest BCUT2D eigenvalue weighted by atomic mass is 16.6. The maximum Gasteiger partial charge on any atom is 0.306 e. The van der Waals surface area contributed by atoms with Crippen molar-refractivity contribution in [2.75, 3.05) is 13.2 Å². The van der Waals surface area contributed by atoms with E-state index in [1.807, 2.05) is 0 Å². The minimum atomic E-state index is -0.801. The van der Waals surface area contributed by atoms with Crippen molar-refractivity contribution < 1.29 is 28.6 Å². The van der Waals surface area contributed by atoms with Crippen molar-refractivity contribution >= 4 is 17.9 Å². The van der Waals surface area contributed by atoms with Gasteiger partial charge in [0.1, 0.15) is 13.2 Å². The lowest BCUT2D eigenvalue weighted by atomic mass is 10.0. The summed E-state index contributed by atoms with van der Waals surface area (Å²) >= 11 is 0. The first-order valence-electron chi connectivity index (χ1n) is 29.1. The summed E-state index contributed by atoms with van der Waals surface area (Å²) in [6, 6.07) is 0. The zero-order valence-electron chi connectivity index (χ0n) is 45.3. The molecule has 396 valence electrons. The summed E-state index contributed by atoms with van der Waals surface area (Å²) in [5.41, 5.74) is 0. The van der Waals surface area contributed by atoms with Crippen LogP contribution in [0.25, 0.3) is 0 Å². The van der Waals surface area contributed by atoms with Crippen LogP contribution in [0.1, 0.15) is 278 Å². The van der Waals surface area contributed by atoms with E-state index in [-0.39, 0.29) is 37.5 Å². The molecule has 0 rings (SSSR count). The number of hydrogen-bond donors (Lipinski definition) is 0. The van der Waals surface area contributed by atoms with E-state index >= 15 is 0 Å². The fraction of sp³-hybridized carbons (Fsp3) is 0.730. The lowest BCUT2D eigenvalue weighted by Crippen LogP contribution is -2.30. The number of allylic oxidation sites excluding steroid dienone is 14. The quantitative estimate of drug-likeness (QED) is 0.0262. The van der Waals surface area contributed by atoms with Crippen LogP contribution in [-0.4, -0.2) is 37.2 Å². The van der Waals surface area contributed by atoms with Crippen LogP contribution in [0.2, 0.25) is 0 Å². The molecule has 0 unspecified atom stereocenters. The predicted octanol–water partition coefficient (Wildman–Crippen LogP) is 19.5. The SMILES string of the molecule is CC/C=C\C/C=C\C/C=C\C/C=C\C/C=C\CCCC(=O)OC[C@H](COC(=O)CCCCCCCCCCCCCCCCC)OC(=O)CCCCCCCCCCC/C=C\C/C=C\CCCCC. The molecule has 0 bridgehead atoms. The molecular formula is C63H108O6. The summed E-state index contributed by atoms with van der Waals surface area (Å²) < 4.78 is 16.8. The molecule has 0 aromatic rings. The van der Waals surface area contributed by atoms with E-state index in [1.54, 1.807) is 0 Å². The van der Waals surface area contributed by atoms with Crippen LogP contribution in [0, 0.1) is 0 Å². The molecule has 69 heavy (non-hydrogen) atoms. The largest absolute Gasteiger partial charge is 0.462 e. The van der Waals surface area contributed by atoms with Gasteiger partial charge in [0.25, 0.3) is 0 Å². The zero-order valence-corrected chi connectivity index (χ0v) is 45.3. The monoisotopic (exact) mass is 961 g/mol. The van der Waals surface area contributed by atoms with E-state index < -0.39 is 6.10 Å². The molecular weight excluding hydrogens is 853 g/mol. The Kier molecular flexibility index (Phi) is 54.3. The van der Waals surface area contributed by atoms with Crippen LogP contribution in [0.3, 0.4) is 0 Å². The van der Waals surface area contributed by atoms with Gasteiger partial charge in [0.15, 0.2) is 6.10 Å². The van der Waals surface area contributed by atoms with Gasteiger partial charge in [-0.3, -0.25) is 14.4 Å². The molecule has 0 amide bonds. The Morgan fingerprint density at radius 3 is 0.971 bits per heavy atom. The minimum Gasteiger partial charge on any atom is -0.462 e. The number of rotatable bonds is 52. The summed E-state index contributed by atoms with van der Waals surface area (Å²) in [5.74, 6) is -0.951. The van der Waals surface area contributed by atoms with Gasteiger partial charge in [-0.25, -0.2) is 0 Å². The van der Waals surface area contributed by atoms with E-state index in [0.717, 1.165) is 83.5 Å². The van der Waals surface area contributed by atoms with Gasteiger partial charge < -0.3 is 14.2 Å². The van der Waals surface area contributed by atoms with Crippen molar-refractivity contribution in [2.45, 2.75) is 284 Å². The number of ether oxygens (including phenoxy) is 3. The first-order chi connectivity index (χ1) is 34.0. The van der Waals surface area contributed by atoms with Crippen molar-refractivity contribution in [1.82, 2.24) is 0 Å². The van der Waals surface area contributed by atoms with Crippen molar-refractivity contribution in [3.05, 3.63) is 85.1 Å². The van der Waals surface area contributed by atoms with Crippen molar-refractivity contribution in [3.63, 3.8) is 0 Å². The average molecular weight is 962 g/mol. The van der Waals surface area contributed by atoms with E-state index in [4.69, 9.17) is 14.2 Å². The summed E-state index contributed by atoms with van der Waals surface area (Å²) in [7, 11) is 0. The third kappa shape index (κ3) is 55.4. The van der Waals surface area contributed by atoms with Gasteiger partial charge in [0.05, 0.1) is 0 Å². The van der Waals surface area contributed by atoms with Crippen LogP contribution >= 0.6 is 0 Å². The lowest BCUT2D eigenvalue weighted by molar-refractivity contribution is -0.167. The Morgan fingerprint density at radius 1 is 0.304 bits per heavy atom. The molecule has 0 heterocycles. The highest BCUT2D eigenvalue weighted by Crippen LogP contribution is 2.16. The van der Waals surface area contributed by atoms with Gasteiger partial charge in [-0.2, -0.15) is 0 Å². The number of hydrogen-bond acceptors (Lipinski definition) is 6. The number of carbonyl (C=O) groups excluding carboxylic acids is 3. The third-order valence-electron chi connectivity index (χ3n) is 12.4. The fourth-order valence-electron chi connectivity index (χ4n) is 8.04. The standard InChI is InChI=1S/C63H108O6/c1-4-7-10-13-16-19-22-25-28-30-31-33-36-39-42-45-48-51-54-57-63(66)69-60(58-67-61(64)55-52-49-46-43-40-37-34-27-24-21-18-15-12-9-6-3)59-68-62(65)56-53-50-47-44-41-38-35-32-29-26-23-20-17-14-11-8-5-2/h8,11,16-17,19-20,25-26,28-29,35,38,44,47,60H,4-7,9-10,12-15,18,21-24,27,30-34,36-37,39-43,45-46,48-59H2,1-3H3/b11-8-,19-16-,20-17-,28-25-,29-26-,38-35-,47-44-/t60-/m0/s1. The molecule has 6 heteroatoms. The van der Waals surface area contributed by atoms with Crippen molar-refractivity contribution in [1.29, 1.82) is 0 Å². The van der Waals surface area contributed by atoms with Crippen LogP contribution in [-0.2, 0) is 28.6 Å². The predicted molar refractivity (Wildman–Crippen MR) is 297 cm³/mol. The molecule has 0 aliphatic carbocycles. The Balaban J connectivity index is 4.46. The lowest BCUT2D eigenvalue weighted by Gasteiger charge is -2.18. The maximum absolute atomic E-state index is 12.9. The second kappa shape index (κ2) is 57.2. The van der Waals surface area contributed by atoms with Crippen molar-refractivity contribution in [3.8, 4) is 0 Å². The van der Waals surface area contributed by atoms with Crippen LogP contribution < -0.4 is 0 Å². The summed E-state index contributed by atoms with van der Waals surface area (Å²) in [5, 5.41) is 0. The van der Waals surface area contributed by atoms with E-state index in [9.17, 15) is 14.4 Å². The van der Waals surface area contributed by atoms with Crippen LogP contribution in [0.5, 0.6) is 0 Å². The zero-order chi connectivity index (χ0) is 50.0. The van der Waals surface area contributed by atoms with Gasteiger partial charge in [-0.1, -0.05) is 254 Å². The molecule has 0 radical (unpaired) electrons. The Bertz CT molecular complexity index is 1330. The molecule has 0 fully saturated rings. The molecule has 1 atom stereocenters. The number of carbonyl (C=O) groups is 3. The fourth-order valence-corrected chi connectivity index (χ4v) is 8.04. The van der Waals surface area contributed by atoms with Gasteiger partial charge in [0.2, 0.25) is 0 Å². The molecule has 0 aliphatic heterocycles. The average Bonchev–Trinajstić information content (AvgIpc) is 3.35. The normalized spacial score (nSPS) is 12.7. The molecule has 0 saturated carbocycles. The number of esters is 3. The van der Waals surface area contributed by atoms with E-state index in [0.29, 0.717) is 19.3 Å². The molecule has 0 saturated heterocycles.